The number of ether oxygens (including phenoxy) is 2. The van der Waals surface area contributed by atoms with Gasteiger partial charge in [0.15, 0.2) is 0 Å². The Bertz CT molecular complexity index is 558. The van der Waals surface area contributed by atoms with Crippen LogP contribution in [0.2, 0.25) is 0 Å². The molecule has 0 spiro atoms. The summed E-state index contributed by atoms with van der Waals surface area (Å²) in [6, 6.07) is 2.43. The first kappa shape index (κ1) is 16.4. The van der Waals surface area contributed by atoms with Crippen LogP contribution in [0, 0.1) is 0 Å². The van der Waals surface area contributed by atoms with Crippen LogP contribution in [-0.2, 0) is 11.2 Å². The van der Waals surface area contributed by atoms with Gasteiger partial charge in [0.2, 0.25) is 0 Å². The second kappa shape index (κ2) is 6.04. The Labute approximate surface area is 125 Å². The Morgan fingerprint density at radius 1 is 1.36 bits per heavy atom. The number of hydrogen-bond donors (Lipinski definition) is 1. The number of benzene rings is 1. The lowest BCUT2D eigenvalue weighted by Gasteiger charge is -2.37. The van der Waals surface area contributed by atoms with Crippen LogP contribution in [0.1, 0.15) is 17.2 Å². The van der Waals surface area contributed by atoms with Crippen LogP contribution < -0.4 is 15.2 Å². The summed E-state index contributed by atoms with van der Waals surface area (Å²) < 4.78 is 48.6. The number of nitrogens with zero attached hydrogens (tertiary/aromatic N) is 1. The SMILES string of the molecule is COc1cc2c(c(OC)c1)C(CN)N(C(=O)C(F)(F)F)CC2. The van der Waals surface area contributed by atoms with Gasteiger partial charge in [-0.3, -0.25) is 4.79 Å². The Morgan fingerprint density at radius 3 is 2.55 bits per heavy atom. The molecule has 0 aromatic heterocycles. The summed E-state index contributed by atoms with van der Waals surface area (Å²) in [6.45, 7) is -0.180. The maximum Gasteiger partial charge on any atom is 0.471 e. The average molecular weight is 318 g/mol. The van der Waals surface area contributed by atoms with Crippen LogP contribution in [0.5, 0.6) is 11.5 Å². The normalized spacial score (nSPS) is 17.9. The van der Waals surface area contributed by atoms with Gasteiger partial charge in [-0.15, -0.1) is 0 Å². The minimum absolute atomic E-state index is 0.0521. The van der Waals surface area contributed by atoms with E-state index in [1.165, 1.54) is 14.2 Å². The van der Waals surface area contributed by atoms with Crippen LogP contribution in [-0.4, -0.2) is 44.3 Å². The summed E-state index contributed by atoms with van der Waals surface area (Å²) >= 11 is 0. The molecular weight excluding hydrogens is 301 g/mol. The number of hydrogen-bond acceptors (Lipinski definition) is 4. The summed E-state index contributed by atoms with van der Waals surface area (Å²) in [6.07, 6.45) is -4.65. The van der Waals surface area contributed by atoms with Gasteiger partial charge < -0.3 is 20.1 Å². The molecule has 1 atom stereocenters. The molecule has 5 nitrogen and oxygen atoms in total. The fourth-order valence-electron chi connectivity index (χ4n) is 2.73. The molecule has 2 N–H and O–H groups in total. The summed E-state index contributed by atoms with van der Waals surface area (Å²) in [5.74, 6) is -0.974. The molecule has 122 valence electrons. The molecule has 0 saturated carbocycles. The molecule has 1 unspecified atom stereocenters. The van der Waals surface area contributed by atoms with Crippen molar-refractivity contribution in [3.63, 3.8) is 0 Å². The van der Waals surface area contributed by atoms with Gasteiger partial charge in [-0.2, -0.15) is 13.2 Å². The highest BCUT2D eigenvalue weighted by Gasteiger charge is 2.46. The molecule has 1 aromatic rings. The Kier molecular flexibility index (Phi) is 4.50. The van der Waals surface area contributed by atoms with E-state index in [0.717, 1.165) is 10.5 Å². The van der Waals surface area contributed by atoms with E-state index in [9.17, 15) is 18.0 Å². The first-order valence-electron chi connectivity index (χ1n) is 6.66. The molecule has 0 fully saturated rings. The van der Waals surface area contributed by atoms with Gasteiger partial charge in [-0.05, 0) is 18.1 Å². The lowest BCUT2D eigenvalue weighted by Crippen LogP contribution is -2.48. The zero-order valence-electron chi connectivity index (χ0n) is 12.2. The second-order valence-electron chi connectivity index (χ2n) is 4.90. The highest BCUT2D eigenvalue weighted by Crippen LogP contribution is 2.40. The first-order chi connectivity index (χ1) is 10.3. The number of nitrogens with two attached hydrogens (primary N) is 1. The van der Waals surface area contributed by atoms with E-state index in [1.807, 2.05) is 0 Å². The fraction of sp³-hybridized carbons (Fsp3) is 0.500. The first-order valence-corrected chi connectivity index (χ1v) is 6.66. The van der Waals surface area contributed by atoms with Crippen LogP contribution in [0.25, 0.3) is 0 Å². The minimum atomic E-state index is -4.93. The molecule has 1 heterocycles. The van der Waals surface area contributed by atoms with E-state index in [2.05, 4.69) is 0 Å². The molecule has 1 aromatic carbocycles. The molecule has 1 aliphatic rings. The van der Waals surface area contributed by atoms with Gasteiger partial charge in [0.05, 0.1) is 20.3 Å². The Hall–Kier alpha value is -1.96. The quantitative estimate of drug-likeness (QED) is 0.920. The van der Waals surface area contributed by atoms with Gasteiger partial charge in [0.25, 0.3) is 0 Å². The van der Waals surface area contributed by atoms with Crippen LogP contribution in [0.4, 0.5) is 13.2 Å². The van der Waals surface area contributed by atoms with Gasteiger partial charge >= 0.3 is 12.1 Å². The molecule has 0 aliphatic carbocycles. The summed E-state index contributed by atoms with van der Waals surface area (Å²) in [4.78, 5) is 12.4. The number of methoxy groups -OCH3 is 2. The minimum Gasteiger partial charge on any atom is -0.497 e. The summed E-state index contributed by atoms with van der Waals surface area (Å²) in [5, 5.41) is 0. The highest BCUT2D eigenvalue weighted by atomic mass is 19.4. The molecule has 1 amide bonds. The molecule has 0 bridgehead atoms. The average Bonchev–Trinajstić information content (AvgIpc) is 2.50. The van der Waals surface area contributed by atoms with Gasteiger partial charge in [0.1, 0.15) is 11.5 Å². The Morgan fingerprint density at radius 2 is 2.05 bits per heavy atom. The van der Waals surface area contributed by atoms with Crippen molar-refractivity contribution in [2.24, 2.45) is 5.73 Å². The zero-order valence-corrected chi connectivity index (χ0v) is 12.2. The van der Waals surface area contributed by atoms with E-state index >= 15 is 0 Å². The largest absolute Gasteiger partial charge is 0.497 e. The number of carbonyl (C=O) groups is 1. The third kappa shape index (κ3) is 2.83. The summed E-state index contributed by atoms with van der Waals surface area (Å²) in [7, 11) is 2.90. The van der Waals surface area contributed by atoms with E-state index < -0.39 is 18.1 Å². The van der Waals surface area contributed by atoms with Crippen molar-refractivity contribution in [1.29, 1.82) is 0 Å². The molecule has 0 saturated heterocycles. The van der Waals surface area contributed by atoms with Crippen molar-refractivity contribution in [2.45, 2.75) is 18.6 Å². The molecule has 1 aliphatic heterocycles. The predicted molar refractivity (Wildman–Crippen MR) is 72.8 cm³/mol. The maximum absolute atomic E-state index is 12.7. The van der Waals surface area contributed by atoms with Crippen molar-refractivity contribution in [3.8, 4) is 11.5 Å². The standard InChI is InChI=1S/C14H17F3N2O3/c1-21-9-5-8-3-4-19(13(20)14(15,16)17)10(7-18)12(8)11(6-9)22-2/h5-6,10H,3-4,7,18H2,1-2H3. The smallest absolute Gasteiger partial charge is 0.471 e. The predicted octanol–water partition coefficient (Wildman–Crippen LogP) is 1.65. The lowest BCUT2D eigenvalue weighted by molar-refractivity contribution is -0.188. The fourth-order valence-corrected chi connectivity index (χ4v) is 2.73. The number of halogens is 3. The van der Waals surface area contributed by atoms with Gasteiger partial charge in [-0.25, -0.2) is 0 Å². The molecule has 8 heteroatoms. The molecule has 22 heavy (non-hydrogen) atoms. The van der Waals surface area contributed by atoms with E-state index in [1.54, 1.807) is 12.1 Å². The van der Waals surface area contributed by atoms with Crippen molar-refractivity contribution >= 4 is 5.91 Å². The van der Waals surface area contributed by atoms with Crippen LogP contribution >= 0.6 is 0 Å². The number of rotatable bonds is 3. The molecule has 0 radical (unpaired) electrons. The van der Waals surface area contributed by atoms with Crippen molar-refractivity contribution in [3.05, 3.63) is 23.3 Å². The molecular formula is C14H17F3N2O3. The van der Waals surface area contributed by atoms with Gasteiger partial charge in [0, 0.05) is 24.7 Å². The highest BCUT2D eigenvalue weighted by molar-refractivity contribution is 5.83. The lowest BCUT2D eigenvalue weighted by atomic mass is 9.91. The number of alkyl halides is 3. The summed E-state index contributed by atoms with van der Waals surface area (Å²) in [5.41, 5.74) is 6.92. The van der Waals surface area contributed by atoms with Crippen LogP contribution in [0.3, 0.4) is 0 Å². The third-order valence-corrected chi connectivity index (χ3v) is 3.71. The van der Waals surface area contributed by atoms with Crippen molar-refractivity contribution < 1.29 is 27.4 Å². The van der Waals surface area contributed by atoms with E-state index in [0.29, 0.717) is 17.1 Å². The topological polar surface area (TPSA) is 64.8 Å². The number of amides is 1. The number of carbonyl (C=O) groups excluding carboxylic acids is 1. The van der Waals surface area contributed by atoms with E-state index in [-0.39, 0.29) is 19.5 Å². The second-order valence-corrected chi connectivity index (χ2v) is 4.90. The number of fused-ring (bicyclic) bond motifs is 1. The van der Waals surface area contributed by atoms with Crippen LogP contribution in [0.15, 0.2) is 12.1 Å². The van der Waals surface area contributed by atoms with Gasteiger partial charge in [-0.1, -0.05) is 0 Å². The maximum atomic E-state index is 12.7. The Balaban J connectivity index is 2.49. The monoisotopic (exact) mass is 318 g/mol. The van der Waals surface area contributed by atoms with Crippen molar-refractivity contribution in [2.75, 3.05) is 27.3 Å². The van der Waals surface area contributed by atoms with Crippen molar-refractivity contribution in [1.82, 2.24) is 4.90 Å². The molecule has 2 rings (SSSR count). The van der Waals surface area contributed by atoms with E-state index in [4.69, 9.17) is 15.2 Å². The third-order valence-electron chi connectivity index (χ3n) is 3.71. The zero-order chi connectivity index (χ0) is 16.5.